The average Bonchev–Trinajstić information content (AvgIpc) is 2.42. The smallest absolute Gasteiger partial charge is 0.314 e. The zero-order valence-corrected chi connectivity index (χ0v) is 10.3. The molecule has 0 heterocycles. The number of para-hydroxylation sites is 1. The molecule has 0 fully saturated rings. The Morgan fingerprint density at radius 2 is 1.90 bits per heavy atom. The van der Waals surface area contributed by atoms with E-state index in [-0.39, 0.29) is 17.2 Å². The fourth-order valence-corrected chi connectivity index (χ4v) is 1.58. The summed E-state index contributed by atoms with van der Waals surface area (Å²) in [5, 5.41) is 10.8. The SMILES string of the molecule is COc1cccc(F)c1Oc1ccc(F)cc1[N+](=O)[O-]. The van der Waals surface area contributed by atoms with Crippen LogP contribution in [-0.4, -0.2) is 12.0 Å². The highest BCUT2D eigenvalue weighted by molar-refractivity contribution is 5.51. The molecule has 7 heteroatoms. The fourth-order valence-electron chi connectivity index (χ4n) is 1.58. The molecular weight excluding hydrogens is 272 g/mol. The molecule has 0 atom stereocenters. The van der Waals surface area contributed by atoms with Crippen molar-refractivity contribution >= 4 is 5.69 Å². The molecule has 0 aliphatic rings. The van der Waals surface area contributed by atoms with Gasteiger partial charge in [-0.3, -0.25) is 10.1 Å². The van der Waals surface area contributed by atoms with Gasteiger partial charge in [0.15, 0.2) is 11.6 Å². The second-order valence-corrected chi connectivity index (χ2v) is 3.74. The molecule has 0 bridgehead atoms. The van der Waals surface area contributed by atoms with Gasteiger partial charge in [0.2, 0.25) is 11.5 Å². The number of hydrogen-bond acceptors (Lipinski definition) is 4. The van der Waals surface area contributed by atoms with Gasteiger partial charge in [-0.05, 0) is 24.3 Å². The molecule has 0 amide bonds. The van der Waals surface area contributed by atoms with Gasteiger partial charge in [0.1, 0.15) is 5.82 Å². The summed E-state index contributed by atoms with van der Waals surface area (Å²) in [5.41, 5.74) is -0.602. The molecular formula is C13H9F2NO4. The van der Waals surface area contributed by atoms with Crippen LogP contribution in [0.3, 0.4) is 0 Å². The first kappa shape index (κ1) is 13.7. The van der Waals surface area contributed by atoms with Crippen molar-refractivity contribution in [3.63, 3.8) is 0 Å². The Hall–Kier alpha value is -2.70. The summed E-state index contributed by atoms with van der Waals surface area (Å²) < 4.78 is 36.8. The van der Waals surface area contributed by atoms with Gasteiger partial charge >= 0.3 is 5.69 Å². The Balaban J connectivity index is 2.48. The van der Waals surface area contributed by atoms with Crippen LogP contribution in [0.15, 0.2) is 36.4 Å². The van der Waals surface area contributed by atoms with E-state index in [1.165, 1.54) is 19.2 Å². The van der Waals surface area contributed by atoms with Crippen LogP contribution in [0, 0.1) is 21.7 Å². The number of hydrogen-bond donors (Lipinski definition) is 0. The second-order valence-electron chi connectivity index (χ2n) is 3.74. The maximum absolute atomic E-state index is 13.7. The van der Waals surface area contributed by atoms with Crippen molar-refractivity contribution in [2.45, 2.75) is 0 Å². The van der Waals surface area contributed by atoms with Crippen LogP contribution < -0.4 is 9.47 Å². The predicted octanol–water partition coefficient (Wildman–Crippen LogP) is 3.67. The van der Waals surface area contributed by atoms with Gasteiger partial charge in [-0.25, -0.2) is 8.78 Å². The summed E-state index contributed by atoms with van der Waals surface area (Å²) >= 11 is 0. The molecule has 0 unspecified atom stereocenters. The van der Waals surface area contributed by atoms with Gasteiger partial charge in [-0.2, -0.15) is 0 Å². The summed E-state index contributed by atoms with van der Waals surface area (Å²) in [5.74, 6) is -2.04. The van der Waals surface area contributed by atoms with Crippen LogP contribution in [0.25, 0.3) is 0 Å². The van der Waals surface area contributed by atoms with Crippen molar-refractivity contribution in [1.29, 1.82) is 0 Å². The van der Waals surface area contributed by atoms with E-state index in [0.717, 1.165) is 18.2 Å². The molecule has 5 nitrogen and oxygen atoms in total. The minimum atomic E-state index is -0.814. The largest absolute Gasteiger partial charge is 0.493 e. The standard InChI is InChI=1S/C13H9F2NO4/c1-19-12-4-2-3-9(15)13(12)20-11-6-5-8(14)7-10(11)16(17)18/h2-7H,1H3. The fraction of sp³-hybridized carbons (Fsp3) is 0.0769. The third kappa shape index (κ3) is 2.66. The van der Waals surface area contributed by atoms with E-state index >= 15 is 0 Å². The Bertz CT molecular complexity index is 661. The predicted molar refractivity (Wildman–Crippen MR) is 66.1 cm³/mol. The van der Waals surface area contributed by atoms with E-state index in [0.29, 0.717) is 6.07 Å². The van der Waals surface area contributed by atoms with Crippen LogP contribution in [0.4, 0.5) is 14.5 Å². The van der Waals surface area contributed by atoms with Crippen molar-refractivity contribution < 1.29 is 23.2 Å². The molecule has 0 saturated heterocycles. The zero-order chi connectivity index (χ0) is 14.7. The number of nitro benzene ring substituents is 1. The van der Waals surface area contributed by atoms with Crippen LogP contribution >= 0.6 is 0 Å². The quantitative estimate of drug-likeness (QED) is 0.633. The topological polar surface area (TPSA) is 61.6 Å². The van der Waals surface area contributed by atoms with Crippen molar-refractivity contribution in [1.82, 2.24) is 0 Å². The van der Waals surface area contributed by atoms with Gasteiger partial charge < -0.3 is 9.47 Å². The number of benzene rings is 2. The molecule has 2 rings (SSSR count). The lowest BCUT2D eigenvalue weighted by Crippen LogP contribution is -1.97. The van der Waals surface area contributed by atoms with Crippen molar-refractivity contribution in [3.8, 4) is 17.2 Å². The maximum atomic E-state index is 13.7. The molecule has 2 aromatic rings. The van der Waals surface area contributed by atoms with Crippen LogP contribution in [0.2, 0.25) is 0 Å². The molecule has 0 aliphatic heterocycles. The Morgan fingerprint density at radius 1 is 1.15 bits per heavy atom. The molecule has 0 N–H and O–H groups in total. The third-order valence-electron chi connectivity index (χ3n) is 2.48. The lowest BCUT2D eigenvalue weighted by molar-refractivity contribution is -0.385. The van der Waals surface area contributed by atoms with Crippen LogP contribution in [0.5, 0.6) is 17.2 Å². The van der Waals surface area contributed by atoms with Gasteiger partial charge in [0.05, 0.1) is 18.1 Å². The molecule has 0 spiro atoms. The molecule has 0 aromatic heterocycles. The molecule has 20 heavy (non-hydrogen) atoms. The highest BCUT2D eigenvalue weighted by atomic mass is 19.1. The monoisotopic (exact) mass is 281 g/mol. The number of ether oxygens (including phenoxy) is 2. The van der Waals surface area contributed by atoms with Crippen molar-refractivity contribution in [2.75, 3.05) is 7.11 Å². The highest BCUT2D eigenvalue weighted by Gasteiger charge is 2.20. The minimum absolute atomic E-state index is 0.0728. The van der Waals surface area contributed by atoms with Gasteiger partial charge in [0, 0.05) is 0 Å². The lowest BCUT2D eigenvalue weighted by atomic mass is 10.2. The van der Waals surface area contributed by atoms with E-state index in [1.54, 1.807) is 0 Å². The Morgan fingerprint density at radius 3 is 2.55 bits per heavy atom. The van der Waals surface area contributed by atoms with Crippen molar-refractivity contribution in [2.24, 2.45) is 0 Å². The second kappa shape index (κ2) is 5.52. The number of rotatable bonds is 4. The zero-order valence-electron chi connectivity index (χ0n) is 10.3. The van der Waals surface area contributed by atoms with E-state index in [9.17, 15) is 18.9 Å². The molecule has 2 aromatic carbocycles. The average molecular weight is 281 g/mol. The summed E-state index contributed by atoms with van der Waals surface area (Å²) in [6.07, 6.45) is 0. The molecule has 0 saturated carbocycles. The van der Waals surface area contributed by atoms with E-state index < -0.39 is 22.2 Å². The maximum Gasteiger partial charge on any atom is 0.314 e. The number of nitro groups is 1. The molecule has 104 valence electrons. The summed E-state index contributed by atoms with van der Waals surface area (Å²) in [6, 6.07) is 6.69. The summed E-state index contributed by atoms with van der Waals surface area (Å²) in [6.45, 7) is 0. The summed E-state index contributed by atoms with van der Waals surface area (Å²) in [7, 11) is 1.31. The number of halogens is 2. The van der Waals surface area contributed by atoms with Crippen LogP contribution in [-0.2, 0) is 0 Å². The third-order valence-corrected chi connectivity index (χ3v) is 2.48. The minimum Gasteiger partial charge on any atom is -0.493 e. The summed E-state index contributed by atoms with van der Waals surface area (Å²) in [4.78, 5) is 10.0. The van der Waals surface area contributed by atoms with Crippen LogP contribution in [0.1, 0.15) is 0 Å². The first-order valence-electron chi connectivity index (χ1n) is 5.47. The number of methoxy groups -OCH3 is 1. The van der Waals surface area contributed by atoms with Gasteiger partial charge in [0.25, 0.3) is 0 Å². The van der Waals surface area contributed by atoms with Gasteiger partial charge in [-0.15, -0.1) is 0 Å². The Labute approximate surface area is 112 Å². The van der Waals surface area contributed by atoms with Gasteiger partial charge in [-0.1, -0.05) is 6.07 Å². The van der Waals surface area contributed by atoms with Crippen molar-refractivity contribution in [3.05, 3.63) is 58.1 Å². The van der Waals surface area contributed by atoms with E-state index in [2.05, 4.69) is 0 Å². The highest BCUT2D eigenvalue weighted by Crippen LogP contribution is 2.37. The lowest BCUT2D eigenvalue weighted by Gasteiger charge is -2.11. The molecule has 0 radical (unpaired) electrons. The van der Waals surface area contributed by atoms with E-state index in [4.69, 9.17) is 9.47 Å². The Kier molecular flexibility index (Phi) is 3.79. The first-order valence-corrected chi connectivity index (χ1v) is 5.47. The first-order chi connectivity index (χ1) is 9.52. The number of nitrogens with zero attached hydrogens (tertiary/aromatic N) is 1. The van der Waals surface area contributed by atoms with E-state index in [1.807, 2.05) is 0 Å². The normalized spacial score (nSPS) is 10.2. The molecule has 0 aliphatic carbocycles.